The van der Waals surface area contributed by atoms with Crippen LogP contribution in [0, 0.1) is 5.92 Å². The molecule has 1 aliphatic heterocycles. The summed E-state index contributed by atoms with van der Waals surface area (Å²) in [6, 6.07) is 4.75. The van der Waals surface area contributed by atoms with Crippen molar-refractivity contribution in [2.75, 3.05) is 6.54 Å². The summed E-state index contributed by atoms with van der Waals surface area (Å²) in [5.74, 6) is 0.596. The second kappa shape index (κ2) is 5.60. The van der Waals surface area contributed by atoms with Crippen LogP contribution in [-0.4, -0.2) is 25.3 Å². The Morgan fingerprint density at radius 1 is 1.37 bits per heavy atom. The fraction of sp³-hybridized carbons (Fsp3) is 0.538. The summed E-state index contributed by atoms with van der Waals surface area (Å²) in [6.45, 7) is 4.58. The Morgan fingerprint density at radius 2 is 2.05 bits per heavy atom. The molecule has 1 aromatic rings. The number of nitrogens with zero attached hydrogens (tertiary/aromatic N) is 1. The molecule has 0 amide bonds. The summed E-state index contributed by atoms with van der Waals surface area (Å²) < 4.78 is 26.8. The normalized spacial score (nSPS) is 24.8. The SMILES string of the molecule is CC1CC(C)N(S(=O)(=O)c2ccc(Cl)c(CCl)c2)C1. The zero-order valence-corrected chi connectivity index (χ0v) is 13.3. The van der Waals surface area contributed by atoms with Crippen molar-refractivity contribution in [2.45, 2.75) is 37.1 Å². The Bertz CT molecular complexity index is 574. The molecule has 2 rings (SSSR count). The summed E-state index contributed by atoms with van der Waals surface area (Å²) in [7, 11) is -3.45. The van der Waals surface area contributed by atoms with Crippen molar-refractivity contribution in [1.29, 1.82) is 0 Å². The van der Waals surface area contributed by atoms with Gasteiger partial charge in [-0.25, -0.2) is 8.42 Å². The van der Waals surface area contributed by atoms with E-state index < -0.39 is 10.0 Å². The zero-order valence-electron chi connectivity index (χ0n) is 10.9. The molecule has 0 aliphatic carbocycles. The molecular weight excluding hydrogens is 305 g/mol. The van der Waals surface area contributed by atoms with Crippen LogP contribution >= 0.6 is 23.2 Å². The minimum Gasteiger partial charge on any atom is -0.207 e. The summed E-state index contributed by atoms with van der Waals surface area (Å²) >= 11 is 11.7. The minimum atomic E-state index is -3.45. The molecule has 0 N–H and O–H groups in total. The van der Waals surface area contributed by atoms with E-state index in [1.54, 1.807) is 22.5 Å². The van der Waals surface area contributed by atoms with Gasteiger partial charge in [-0.2, -0.15) is 4.31 Å². The van der Waals surface area contributed by atoms with Gasteiger partial charge >= 0.3 is 0 Å². The number of hydrogen-bond donors (Lipinski definition) is 0. The molecule has 19 heavy (non-hydrogen) atoms. The van der Waals surface area contributed by atoms with Crippen LogP contribution in [0.4, 0.5) is 0 Å². The Balaban J connectivity index is 2.40. The molecule has 106 valence electrons. The average molecular weight is 322 g/mol. The molecule has 0 aromatic heterocycles. The Kier molecular flexibility index (Phi) is 4.45. The Labute approximate surface area is 124 Å². The summed E-state index contributed by atoms with van der Waals surface area (Å²) in [5.41, 5.74) is 0.643. The van der Waals surface area contributed by atoms with Gasteiger partial charge in [0, 0.05) is 23.5 Å². The van der Waals surface area contributed by atoms with Gasteiger partial charge in [0.2, 0.25) is 10.0 Å². The molecule has 0 radical (unpaired) electrons. The maximum absolute atomic E-state index is 12.6. The lowest BCUT2D eigenvalue weighted by Gasteiger charge is -2.21. The van der Waals surface area contributed by atoms with Gasteiger partial charge in [-0.1, -0.05) is 18.5 Å². The lowest BCUT2D eigenvalue weighted by molar-refractivity contribution is 0.405. The molecule has 0 spiro atoms. The smallest absolute Gasteiger partial charge is 0.207 e. The molecule has 1 heterocycles. The van der Waals surface area contributed by atoms with Crippen molar-refractivity contribution in [3.63, 3.8) is 0 Å². The van der Waals surface area contributed by atoms with Gasteiger partial charge in [0.15, 0.2) is 0 Å². The van der Waals surface area contributed by atoms with Crippen molar-refractivity contribution in [1.82, 2.24) is 4.31 Å². The Morgan fingerprint density at radius 3 is 2.58 bits per heavy atom. The van der Waals surface area contributed by atoms with Crippen molar-refractivity contribution < 1.29 is 8.42 Å². The van der Waals surface area contributed by atoms with E-state index in [2.05, 4.69) is 6.92 Å². The van der Waals surface area contributed by atoms with Gasteiger partial charge in [0.25, 0.3) is 0 Å². The highest BCUT2D eigenvalue weighted by atomic mass is 35.5. The standard InChI is InChI=1S/C13H17Cl2NO2S/c1-9-5-10(2)16(8-9)19(17,18)12-3-4-13(15)11(6-12)7-14/h3-4,6,9-10H,5,7-8H2,1-2H3. The molecule has 2 atom stereocenters. The van der Waals surface area contributed by atoms with Gasteiger partial charge in [-0.3, -0.25) is 0 Å². The van der Waals surface area contributed by atoms with Gasteiger partial charge < -0.3 is 0 Å². The van der Waals surface area contributed by atoms with Gasteiger partial charge in [-0.15, -0.1) is 11.6 Å². The van der Waals surface area contributed by atoms with Crippen LogP contribution in [0.1, 0.15) is 25.8 Å². The minimum absolute atomic E-state index is 0.0372. The number of sulfonamides is 1. The third-order valence-electron chi connectivity index (χ3n) is 3.49. The van der Waals surface area contributed by atoms with Gasteiger partial charge in [0.05, 0.1) is 4.90 Å². The molecule has 3 nitrogen and oxygen atoms in total. The number of halogens is 2. The maximum Gasteiger partial charge on any atom is 0.243 e. The summed E-state index contributed by atoms with van der Waals surface area (Å²) in [6.07, 6.45) is 0.898. The summed E-state index contributed by atoms with van der Waals surface area (Å²) in [5, 5.41) is 0.497. The fourth-order valence-electron chi connectivity index (χ4n) is 2.55. The largest absolute Gasteiger partial charge is 0.243 e. The lowest BCUT2D eigenvalue weighted by atomic mass is 10.1. The number of hydrogen-bond acceptors (Lipinski definition) is 2. The predicted octanol–water partition coefficient (Wildman–Crippen LogP) is 3.50. The van der Waals surface area contributed by atoms with E-state index in [0.29, 0.717) is 23.0 Å². The van der Waals surface area contributed by atoms with Crippen LogP contribution in [0.5, 0.6) is 0 Å². The molecular formula is C13H17Cl2NO2S. The first-order valence-corrected chi connectivity index (χ1v) is 8.57. The fourth-order valence-corrected chi connectivity index (χ4v) is 4.83. The van der Waals surface area contributed by atoms with E-state index in [1.165, 1.54) is 0 Å². The van der Waals surface area contributed by atoms with Crippen molar-refractivity contribution >= 4 is 33.2 Å². The molecule has 1 aromatic carbocycles. The van der Waals surface area contributed by atoms with E-state index >= 15 is 0 Å². The highest BCUT2D eigenvalue weighted by molar-refractivity contribution is 7.89. The highest BCUT2D eigenvalue weighted by Gasteiger charge is 2.36. The van der Waals surface area contributed by atoms with Gasteiger partial charge in [0.1, 0.15) is 0 Å². The van der Waals surface area contributed by atoms with E-state index in [-0.39, 0.29) is 16.8 Å². The molecule has 2 unspecified atom stereocenters. The average Bonchev–Trinajstić information content (AvgIpc) is 2.69. The van der Waals surface area contributed by atoms with Crippen LogP contribution in [0.2, 0.25) is 5.02 Å². The summed E-state index contributed by atoms with van der Waals surface area (Å²) in [4.78, 5) is 0.272. The quantitative estimate of drug-likeness (QED) is 0.799. The Hall–Kier alpha value is -0.290. The molecule has 0 bridgehead atoms. The maximum atomic E-state index is 12.6. The first-order chi connectivity index (χ1) is 8.86. The van der Waals surface area contributed by atoms with Crippen LogP contribution in [0.15, 0.2) is 23.1 Å². The van der Waals surface area contributed by atoms with Crippen LogP contribution < -0.4 is 0 Å². The lowest BCUT2D eigenvalue weighted by Crippen LogP contribution is -2.34. The first-order valence-electron chi connectivity index (χ1n) is 6.22. The van der Waals surface area contributed by atoms with Crippen molar-refractivity contribution in [3.8, 4) is 0 Å². The van der Waals surface area contributed by atoms with E-state index in [4.69, 9.17) is 23.2 Å². The number of rotatable bonds is 3. The predicted molar refractivity (Wildman–Crippen MR) is 78.1 cm³/mol. The number of alkyl halides is 1. The van der Waals surface area contributed by atoms with Crippen LogP contribution in [0.25, 0.3) is 0 Å². The van der Waals surface area contributed by atoms with E-state index in [0.717, 1.165) is 6.42 Å². The van der Waals surface area contributed by atoms with Crippen molar-refractivity contribution in [2.24, 2.45) is 5.92 Å². The molecule has 1 fully saturated rings. The topological polar surface area (TPSA) is 37.4 Å². The molecule has 1 saturated heterocycles. The third-order valence-corrected chi connectivity index (χ3v) is 6.13. The van der Waals surface area contributed by atoms with Crippen LogP contribution in [0.3, 0.4) is 0 Å². The van der Waals surface area contributed by atoms with Crippen molar-refractivity contribution in [3.05, 3.63) is 28.8 Å². The molecule has 6 heteroatoms. The first kappa shape index (κ1) is 15.1. The zero-order chi connectivity index (χ0) is 14.2. The van der Waals surface area contributed by atoms with Gasteiger partial charge in [-0.05, 0) is 43.0 Å². The second-order valence-corrected chi connectivity index (χ2v) is 7.72. The van der Waals surface area contributed by atoms with E-state index in [1.807, 2.05) is 6.92 Å². The second-order valence-electron chi connectivity index (χ2n) is 5.15. The van der Waals surface area contributed by atoms with Crippen LogP contribution in [-0.2, 0) is 15.9 Å². The van der Waals surface area contributed by atoms with E-state index in [9.17, 15) is 8.42 Å². The molecule has 0 saturated carbocycles. The highest BCUT2D eigenvalue weighted by Crippen LogP contribution is 2.30. The monoisotopic (exact) mass is 321 g/mol. The third kappa shape index (κ3) is 2.92. The number of benzene rings is 1. The molecule has 1 aliphatic rings.